The summed E-state index contributed by atoms with van der Waals surface area (Å²) >= 11 is 0. The van der Waals surface area contributed by atoms with Crippen molar-refractivity contribution in [3.05, 3.63) is 47.2 Å². The van der Waals surface area contributed by atoms with Gasteiger partial charge in [-0.3, -0.25) is 4.79 Å². The van der Waals surface area contributed by atoms with Crippen LogP contribution in [0.15, 0.2) is 29.0 Å². The maximum atomic E-state index is 12.0. The van der Waals surface area contributed by atoms with E-state index in [-0.39, 0.29) is 5.91 Å². The summed E-state index contributed by atoms with van der Waals surface area (Å²) in [6, 6.07) is 6.01. The molecule has 0 radical (unpaired) electrons. The lowest BCUT2D eigenvalue weighted by Crippen LogP contribution is -2.23. The summed E-state index contributed by atoms with van der Waals surface area (Å²) in [7, 11) is 0. The fraction of sp³-hybridized carbons (Fsp3) is 0.286. The molecule has 2 aromatic rings. The minimum absolute atomic E-state index is 0.241. The maximum Gasteiger partial charge on any atom is 0.277 e. The van der Waals surface area contributed by atoms with Gasteiger partial charge in [0.1, 0.15) is 5.76 Å². The number of nitrogens with one attached hydrogen (secondary N) is 2. The van der Waals surface area contributed by atoms with Crippen LogP contribution in [0.3, 0.4) is 0 Å². The molecular weight excluding hydrogens is 242 g/mol. The number of fused-ring (bicyclic) bond motifs is 1. The highest BCUT2D eigenvalue weighted by atomic mass is 16.3. The van der Waals surface area contributed by atoms with E-state index in [1.807, 2.05) is 12.1 Å². The van der Waals surface area contributed by atoms with Gasteiger partial charge in [0.2, 0.25) is 0 Å². The van der Waals surface area contributed by atoms with E-state index in [1.165, 1.54) is 17.5 Å². The molecule has 1 aromatic heterocycles. The average molecular weight is 257 g/mol. The predicted octanol–water partition coefficient (Wildman–Crippen LogP) is 1.88. The minimum Gasteiger partial charge on any atom is -0.448 e. The highest BCUT2D eigenvalue weighted by Gasteiger charge is 2.15. The Labute approximate surface area is 111 Å². The number of rotatable bonds is 2. The van der Waals surface area contributed by atoms with Gasteiger partial charge in [0.05, 0.1) is 0 Å². The highest BCUT2D eigenvalue weighted by Crippen LogP contribution is 2.19. The third-order valence-electron chi connectivity index (χ3n) is 3.31. The molecule has 0 saturated heterocycles. The molecule has 3 rings (SSSR count). The Balaban J connectivity index is 1.80. The van der Waals surface area contributed by atoms with Gasteiger partial charge in [0, 0.05) is 12.2 Å². The number of hydrogen-bond donors (Lipinski definition) is 2. The molecule has 2 N–H and O–H groups in total. The number of aryl methyl sites for hydroxylation is 1. The van der Waals surface area contributed by atoms with Crippen LogP contribution in [-0.2, 0) is 13.0 Å². The number of nitrogens with zero attached hydrogens (tertiary/aromatic N) is 1. The molecule has 1 amide bonds. The largest absolute Gasteiger partial charge is 0.448 e. The third-order valence-corrected chi connectivity index (χ3v) is 3.31. The number of anilines is 1. The number of aromatic nitrogens is 1. The van der Waals surface area contributed by atoms with E-state index < -0.39 is 0 Å². The van der Waals surface area contributed by atoms with Gasteiger partial charge in [-0.05, 0) is 43.1 Å². The summed E-state index contributed by atoms with van der Waals surface area (Å²) in [4.78, 5) is 15.9. The number of amides is 1. The van der Waals surface area contributed by atoms with E-state index in [1.54, 1.807) is 6.92 Å². The van der Waals surface area contributed by atoms with Gasteiger partial charge >= 0.3 is 0 Å². The highest BCUT2D eigenvalue weighted by molar-refractivity contribution is 6.03. The fourth-order valence-corrected chi connectivity index (χ4v) is 2.27. The van der Waals surface area contributed by atoms with Gasteiger partial charge < -0.3 is 15.1 Å². The quantitative estimate of drug-likeness (QED) is 0.862. The lowest BCUT2D eigenvalue weighted by atomic mass is 10.0. The van der Waals surface area contributed by atoms with Crippen molar-refractivity contribution in [1.29, 1.82) is 0 Å². The molecule has 2 heterocycles. The van der Waals surface area contributed by atoms with Crippen LogP contribution >= 0.6 is 0 Å². The van der Waals surface area contributed by atoms with Gasteiger partial charge in [0.15, 0.2) is 12.1 Å². The van der Waals surface area contributed by atoms with E-state index >= 15 is 0 Å². The molecule has 5 heteroatoms. The molecule has 0 bridgehead atoms. The standard InChI is InChI=1S/C14H15N3O2/c1-9-13(16-8-19-9)14(18)17-12-3-2-10-4-5-15-7-11(10)6-12/h2-3,6,8,15H,4-5,7H2,1H3,(H,17,18). The fourth-order valence-electron chi connectivity index (χ4n) is 2.27. The van der Waals surface area contributed by atoms with Crippen molar-refractivity contribution in [2.24, 2.45) is 0 Å². The van der Waals surface area contributed by atoms with Crippen molar-refractivity contribution in [1.82, 2.24) is 10.3 Å². The molecule has 0 spiro atoms. The monoisotopic (exact) mass is 257 g/mol. The maximum absolute atomic E-state index is 12.0. The van der Waals surface area contributed by atoms with E-state index in [0.29, 0.717) is 11.5 Å². The average Bonchev–Trinajstić information content (AvgIpc) is 2.85. The molecule has 1 aromatic carbocycles. The van der Waals surface area contributed by atoms with Gasteiger partial charge in [-0.25, -0.2) is 4.98 Å². The first-order chi connectivity index (χ1) is 9.24. The SMILES string of the molecule is Cc1ocnc1C(=O)Nc1ccc2c(c1)CNCC2. The lowest BCUT2D eigenvalue weighted by Gasteiger charge is -2.17. The molecular formula is C14H15N3O2. The van der Waals surface area contributed by atoms with Gasteiger partial charge in [-0.1, -0.05) is 6.07 Å². The molecule has 19 heavy (non-hydrogen) atoms. The molecule has 0 atom stereocenters. The third kappa shape index (κ3) is 2.37. The van der Waals surface area contributed by atoms with Crippen molar-refractivity contribution in [3.63, 3.8) is 0 Å². The molecule has 1 aliphatic heterocycles. The summed E-state index contributed by atoms with van der Waals surface area (Å²) < 4.78 is 5.03. The van der Waals surface area contributed by atoms with Crippen LogP contribution in [0.5, 0.6) is 0 Å². The van der Waals surface area contributed by atoms with E-state index in [0.717, 1.165) is 25.2 Å². The minimum atomic E-state index is -0.241. The Bertz CT molecular complexity index is 619. The van der Waals surface area contributed by atoms with Crippen LogP contribution in [0, 0.1) is 6.92 Å². The van der Waals surface area contributed by atoms with Crippen molar-refractivity contribution < 1.29 is 9.21 Å². The summed E-state index contributed by atoms with van der Waals surface area (Å²) in [5.74, 6) is 0.284. The molecule has 0 fully saturated rings. The second-order valence-electron chi connectivity index (χ2n) is 4.62. The molecule has 98 valence electrons. The molecule has 0 aliphatic carbocycles. The summed E-state index contributed by atoms with van der Waals surface area (Å²) in [6.07, 6.45) is 2.31. The Morgan fingerprint density at radius 3 is 3.11 bits per heavy atom. The molecule has 0 unspecified atom stereocenters. The number of hydrogen-bond acceptors (Lipinski definition) is 4. The Kier molecular flexibility index (Phi) is 3.05. The zero-order chi connectivity index (χ0) is 13.2. The van der Waals surface area contributed by atoms with Crippen molar-refractivity contribution >= 4 is 11.6 Å². The summed E-state index contributed by atoms with van der Waals surface area (Å²) in [6.45, 7) is 3.58. The Morgan fingerprint density at radius 2 is 2.32 bits per heavy atom. The number of carbonyl (C=O) groups is 1. The first kappa shape index (κ1) is 11.9. The van der Waals surface area contributed by atoms with E-state index in [9.17, 15) is 4.79 Å². The van der Waals surface area contributed by atoms with Gasteiger partial charge in [-0.2, -0.15) is 0 Å². The van der Waals surface area contributed by atoms with Crippen LogP contribution in [0.1, 0.15) is 27.4 Å². The van der Waals surface area contributed by atoms with Gasteiger partial charge in [-0.15, -0.1) is 0 Å². The van der Waals surface area contributed by atoms with Crippen LogP contribution in [-0.4, -0.2) is 17.4 Å². The smallest absolute Gasteiger partial charge is 0.277 e. The predicted molar refractivity (Wildman–Crippen MR) is 71.0 cm³/mol. The van der Waals surface area contributed by atoms with Crippen molar-refractivity contribution in [2.75, 3.05) is 11.9 Å². The lowest BCUT2D eigenvalue weighted by molar-refractivity contribution is 0.102. The van der Waals surface area contributed by atoms with Crippen LogP contribution < -0.4 is 10.6 Å². The van der Waals surface area contributed by atoms with Crippen molar-refractivity contribution in [3.8, 4) is 0 Å². The van der Waals surface area contributed by atoms with Crippen LogP contribution in [0.25, 0.3) is 0 Å². The Morgan fingerprint density at radius 1 is 1.42 bits per heavy atom. The molecule has 1 aliphatic rings. The van der Waals surface area contributed by atoms with Gasteiger partial charge in [0.25, 0.3) is 5.91 Å². The second-order valence-corrected chi connectivity index (χ2v) is 4.62. The second kappa shape index (κ2) is 4.85. The first-order valence-corrected chi connectivity index (χ1v) is 6.28. The van der Waals surface area contributed by atoms with Crippen molar-refractivity contribution in [2.45, 2.75) is 19.9 Å². The summed E-state index contributed by atoms with van der Waals surface area (Å²) in [5.41, 5.74) is 3.70. The van der Waals surface area contributed by atoms with Crippen LogP contribution in [0.4, 0.5) is 5.69 Å². The Hall–Kier alpha value is -2.14. The number of benzene rings is 1. The van der Waals surface area contributed by atoms with Crippen LogP contribution in [0.2, 0.25) is 0 Å². The number of oxazole rings is 1. The van der Waals surface area contributed by atoms with E-state index in [4.69, 9.17) is 4.42 Å². The molecule has 0 saturated carbocycles. The van der Waals surface area contributed by atoms with E-state index in [2.05, 4.69) is 21.7 Å². The topological polar surface area (TPSA) is 67.2 Å². The first-order valence-electron chi connectivity index (χ1n) is 6.28. The normalized spacial score (nSPS) is 13.9. The zero-order valence-corrected chi connectivity index (χ0v) is 10.7. The summed E-state index contributed by atoms with van der Waals surface area (Å²) in [5, 5.41) is 6.16. The molecule has 5 nitrogen and oxygen atoms in total. The number of carbonyl (C=O) groups excluding carboxylic acids is 1. The zero-order valence-electron chi connectivity index (χ0n) is 10.7.